The van der Waals surface area contributed by atoms with Gasteiger partial charge in [0.05, 0.1) is 12.1 Å². The van der Waals surface area contributed by atoms with E-state index in [0.717, 1.165) is 5.75 Å². The highest BCUT2D eigenvalue weighted by Crippen LogP contribution is 2.14. The zero-order valence-electron chi connectivity index (χ0n) is 7.13. The minimum atomic E-state index is -1.44. The number of rotatable bonds is 2. The molecule has 0 amide bonds. The van der Waals surface area contributed by atoms with E-state index < -0.39 is 8.32 Å². The molecule has 0 aliphatic carbocycles. The lowest BCUT2D eigenvalue weighted by Gasteiger charge is -2.17. The van der Waals surface area contributed by atoms with Crippen molar-refractivity contribution < 1.29 is 8.84 Å². The van der Waals surface area contributed by atoms with Crippen LogP contribution in [0.15, 0.2) is 29.1 Å². The predicted molar refractivity (Wildman–Crippen MR) is 47.1 cm³/mol. The summed E-state index contributed by atoms with van der Waals surface area (Å²) in [5, 5.41) is 0. The van der Waals surface area contributed by atoms with Crippen LogP contribution in [0.1, 0.15) is 0 Å². The molecule has 2 nitrogen and oxygen atoms in total. The van der Waals surface area contributed by atoms with Crippen LogP contribution in [0.5, 0.6) is 5.75 Å². The molecule has 3 heteroatoms. The molecule has 0 fully saturated rings. The van der Waals surface area contributed by atoms with Gasteiger partial charge in [-0.2, -0.15) is 0 Å². The smallest absolute Gasteiger partial charge is 0.321 e. The van der Waals surface area contributed by atoms with Crippen LogP contribution in [0.3, 0.4) is 0 Å². The van der Waals surface area contributed by atoms with E-state index in [0.29, 0.717) is 0 Å². The van der Waals surface area contributed by atoms with Crippen molar-refractivity contribution in [2.75, 3.05) is 0 Å². The van der Waals surface area contributed by atoms with Crippen LogP contribution in [-0.2, 0) is 0 Å². The van der Waals surface area contributed by atoms with E-state index in [4.69, 9.17) is 8.84 Å². The summed E-state index contributed by atoms with van der Waals surface area (Å²) in [6.07, 6.45) is 3.24. The molecule has 60 valence electrons. The normalized spacial score (nSPS) is 11.2. The molecule has 1 aromatic heterocycles. The van der Waals surface area contributed by atoms with Gasteiger partial charge in [0.15, 0.2) is 0 Å². The summed E-state index contributed by atoms with van der Waals surface area (Å²) in [5.74, 6) is 0.899. The van der Waals surface area contributed by atoms with Gasteiger partial charge < -0.3 is 4.43 Å². The van der Waals surface area contributed by atoms with Gasteiger partial charge in [0.25, 0.3) is 0 Å². The van der Waals surface area contributed by atoms with E-state index in [-0.39, 0.29) is 0 Å². The van der Waals surface area contributed by atoms with E-state index in [1.54, 1.807) is 12.5 Å². The van der Waals surface area contributed by atoms with Gasteiger partial charge in [0.2, 0.25) is 8.32 Å². The van der Waals surface area contributed by atoms with Crippen LogP contribution in [0.4, 0.5) is 0 Å². The highest BCUT2D eigenvalue weighted by atomic mass is 28.4. The summed E-state index contributed by atoms with van der Waals surface area (Å²) in [6.45, 7) is 6.45. The van der Waals surface area contributed by atoms with Crippen LogP contribution >= 0.6 is 0 Å². The number of hydrogen-bond acceptors (Lipinski definition) is 1. The molecule has 0 aliphatic rings. The molecule has 0 saturated heterocycles. The lowest BCUT2D eigenvalue weighted by atomic mass is 10.5. The first kappa shape index (κ1) is 8.27. The van der Waals surface area contributed by atoms with Crippen LogP contribution < -0.4 is 4.43 Å². The van der Waals surface area contributed by atoms with E-state index in [1.807, 2.05) is 12.1 Å². The molecular weight excluding hydrogens is 156 g/mol. The maximum absolute atomic E-state index is 5.68. The zero-order chi connectivity index (χ0) is 8.32. The summed E-state index contributed by atoms with van der Waals surface area (Å²) < 4.78 is 10.5. The number of hydrogen-bond donors (Lipinski definition) is 0. The van der Waals surface area contributed by atoms with Gasteiger partial charge >= 0.3 is 12.5 Å². The van der Waals surface area contributed by atoms with Crippen LogP contribution in [0.25, 0.3) is 0 Å². The molecule has 1 rings (SSSR count). The van der Waals surface area contributed by atoms with Crippen molar-refractivity contribution in [3.8, 4) is 5.75 Å². The Labute approximate surface area is 67.9 Å². The highest BCUT2D eigenvalue weighted by Gasteiger charge is 2.16. The molecule has 0 spiro atoms. The van der Waals surface area contributed by atoms with Gasteiger partial charge in [-0.15, -0.1) is 0 Å². The van der Waals surface area contributed by atoms with Crippen molar-refractivity contribution in [3.63, 3.8) is 0 Å². The third kappa shape index (κ3) is 3.18. The summed E-state index contributed by atoms with van der Waals surface area (Å²) in [7, 11) is -1.44. The third-order valence-corrected chi connectivity index (χ3v) is 1.89. The van der Waals surface area contributed by atoms with Crippen molar-refractivity contribution in [3.05, 3.63) is 24.7 Å². The maximum atomic E-state index is 5.68. The van der Waals surface area contributed by atoms with Gasteiger partial charge in [0.1, 0.15) is 5.75 Å². The Bertz CT molecular complexity index is 215. The zero-order valence-corrected chi connectivity index (χ0v) is 8.13. The van der Waals surface area contributed by atoms with Crippen molar-refractivity contribution in [2.45, 2.75) is 19.6 Å². The van der Waals surface area contributed by atoms with Crippen molar-refractivity contribution >= 4 is 8.32 Å². The van der Waals surface area contributed by atoms with Gasteiger partial charge in [-0.3, -0.25) is 0 Å². The Kier molecular flexibility index (Phi) is 2.29. The van der Waals surface area contributed by atoms with Gasteiger partial charge in [0, 0.05) is 0 Å². The van der Waals surface area contributed by atoms with Crippen LogP contribution in [0, 0.1) is 0 Å². The molecular formula is C8H13O2Si+. The lowest BCUT2D eigenvalue weighted by molar-refractivity contribution is 0.514. The van der Waals surface area contributed by atoms with E-state index in [9.17, 15) is 0 Å². The predicted octanol–water partition coefficient (Wildman–Crippen LogP) is 2.77. The first-order valence-electron chi connectivity index (χ1n) is 3.62. The Balaban J connectivity index is 2.66. The summed E-state index contributed by atoms with van der Waals surface area (Å²) in [6, 6.07) is 3.66. The minimum absolute atomic E-state index is 0.899. The average molecular weight is 169 g/mol. The Morgan fingerprint density at radius 2 is 1.73 bits per heavy atom. The van der Waals surface area contributed by atoms with Crippen LogP contribution in [0.2, 0.25) is 19.6 Å². The molecule has 0 bridgehead atoms. The molecule has 0 N–H and O–H groups in total. The van der Waals surface area contributed by atoms with Crippen LogP contribution in [-0.4, -0.2) is 8.32 Å². The van der Waals surface area contributed by atoms with Gasteiger partial charge in [-0.25, -0.2) is 4.42 Å². The topological polar surface area (TPSA) is 20.5 Å². The summed E-state index contributed by atoms with van der Waals surface area (Å²) in [4.78, 5) is 0. The second-order valence-corrected chi connectivity index (χ2v) is 7.79. The molecule has 1 heterocycles. The van der Waals surface area contributed by atoms with Crippen molar-refractivity contribution in [1.82, 2.24) is 0 Å². The van der Waals surface area contributed by atoms with E-state index >= 15 is 0 Å². The monoisotopic (exact) mass is 169 g/mol. The highest BCUT2D eigenvalue weighted by molar-refractivity contribution is 6.70. The fourth-order valence-electron chi connectivity index (χ4n) is 0.735. The average Bonchev–Trinajstić information content (AvgIpc) is 1.85. The molecule has 0 saturated carbocycles. The van der Waals surface area contributed by atoms with Crippen molar-refractivity contribution in [2.24, 2.45) is 0 Å². The Hall–Kier alpha value is -0.833. The second-order valence-electron chi connectivity index (χ2n) is 3.36. The first-order valence-corrected chi connectivity index (χ1v) is 7.03. The second kappa shape index (κ2) is 3.05. The first-order chi connectivity index (χ1) is 5.08. The molecule has 0 unspecified atom stereocenters. The SMILES string of the molecule is C[Si](C)(C)Oc1cc[o+]cc1. The van der Waals surface area contributed by atoms with Gasteiger partial charge in [-0.05, 0) is 19.6 Å². The van der Waals surface area contributed by atoms with Crippen molar-refractivity contribution in [1.29, 1.82) is 0 Å². The standard InChI is InChI=1S/C8H13O2Si/c1-11(2,3)10-8-4-6-9-7-5-8/h4-7H,1-3H3/q+1. The molecule has 0 aliphatic heterocycles. The molecule has 0 atom stereocenters. The minimum Gasteiger partial charge on any atom is -0.544 e. The summed E-state index contributed by atoms with van der Waals surface area (Å²) in [5.41, 5.74) is 0. The molecule has 0 aromatic carbocycles. The van der Waals surface area contributed by atoms with E-state index in [2.05, 4.69) is 19.6 Å². The third-order valence-electron chi connectivity index (χ3n) is 1.05. The molecule has 11 heavy (non-hydrogen) atoms. The largest absolute Gasteiger partial charge is 0.544 e. The molecule has 1 aromatic rings. The lowest BCUT2D eigenvalue weighted by Crippen LogP contribution is -2.29. The maximum Gasteiger partial charge on any atom is 0.321 e. The molecule has 0 radical (unpaired) electrons. The van der Waals surface area contributed by atoms with E-state index in [1.165, 1.54) is 0 Å². The quantitative estimate of drug-likeness (QED) is 0.501. The Morgan fingerprint density at radius 3 is 2.18 bits per heavy atom. The summed E-state index contributed by atoms with van der Waals surface area (Å²) >= 11 is 0. The Morgan fingerprint density at radius 1 is 1.18 bits per heavy atom. The fraction of sp³-hybridized carbons (Fsp3) is 0.375. The van der Waals surface area contributed by atoms with Gasteiger partial charge in [-0.1, -0.05) is 0 Å². The fourth-order valence-corrected chi connectivity index (χ4v) is 1.58.